The summed E-state index contributed by atoms with van der Waals surface area (Å²) in [6.45, 7) is 6.15. The van der Waals surface area contributed by atoms with Gasteiger partial charge in [-0.25, -0.2) is 43.3 Å². The van der Waals surface area contributed by atoms with E-state index in [0.717, 1.165) is 51.6 Å². The van der Waals surface area contributed by atoms with Crippen LogP contribution < -0.4 is 31.3 Å². The second-order valence-corrected chi connectivity index (χ2v) is 25.7. The zero-order chi connectivity index (χ0) is 57.0. The first-order valence-electron chi connectivity index (χ1n) is 24.2. The molecule has 4 atom stereocenters. The van der Waals surface area contributed by atoms with Crippen LogP contribution in [0.5, 0.6) is 0 Å². The number of hydrogen-bond acceptors (Lipinski definition) is 23. The fourth-order valence-electron chi connectivity index (χ4n) is 8.12. The van der Waals surface area contributed by atoms with Crippen molar-refractivity contribution in [2.75, 3.05) is 31.7 Å². The Morgan fingerprint density at radius 1 is 0.713 bits per heavy atom. The number of amides is 5. The standard InChI is InChI=1S/C50H49N13O10S7/c1-22(2)36-50-62-39(32(79-50)17-72-6)43(68)52-16-35(66)59-40(41(73-24(4)64)25-11-9-8-10-12-25)49-57-31(20-76-49)47-55-29(18-75-47)38-26(13-14-27(53-38)46-58-33(21-77-46)63-80(7,70)71)45-56-30(19-74-45)42(67)54-28(15-34(65)51-5)48-61-37(23(3)78-48)44(69)60-36/h8-14,18-22,28,36,40-41,63H,15-17H2,1-7H3,(H,51,65)(H,52,68)(H,54,67)(H,59,66)(H,60,69)/t28-,36+,40?,41-/m0/s1. The van der Waals surface area contributed by atoms with Crippen molar-refractivity contribution in [1.29, 1.82) is 0 Å². The molecule has 10 bridgehead atoms. The number of nitrogens with one attached hydrogen (secondary N) is 6. The number of nitrogens with zero attached hydrogens (tertiary/aromatic N) is 7. The van der Waals surface area contributed by atoms with E-state index < -0.39 is 76.3 Å². The van der Waals surface area contributed by atoms with Crippen LogP contribution in [-0.4, -0.2) is 106 Å². The third-order valence-corrected chi connectivity index (χ3v) is 18.1. The van der Waals surface area contributed by atoms with E-state index in [1.165, 1.54) is 43.8 Å². The highest BCUT2D eigenvalue weighted by Crippen LogP contribution is 2.41. The summed E-state index contributed by atoms with van der Waals surface area (Å²) in [7, 11) is -0.716. The highest BCUT2D eigenvalue weighted by Gasteiger charge is 2.34. The molecule has 1 aliphatic heterocycles. The molecule has 5 amide bonds. The van der Waals surface area contributed by atoms with Gasteiger partial charge in [-0.05, 0) is 30.5 Å². The summed E-state index contributed by atoms with van der Waals surface area (Å²) in [5, 5.41) is 23.0. The fraction of sp³-hybridized carbons (Fsp3) is 0.300. The van der Waals surface area contributed by atoms with E-state index in [0.29, 0.717) is 68.7 Å². The molecule has 0 spiro atoms. The minimum atomic E-state index is -3.64. The number of aryl methyl sites for hydroxylation is 1. The van der Waals surface area contributed by atoms with Crippen LogP contribution >= 0.6 is 68.0 Å². The monoisotopic (exact) mass is 1220 g/mol. The highest BCUT2D eigenvalue weighted by atomic mass is 32.2. The number of hydrogen-bond donors (Lipinski definition) is 6. The van der Waals surface area contributed by atoms with E-state index in [1.807, 2.05) is 13.8 Å². The van der Waals surface area contributed by atoms with Crippen molar-refractivity contribution in [3.8, 4) is 43.4 Å². The van der Waals surface area contributed by atoms with Crippen LogP contribution in [0.4, 0.5) is 5.82 Å². The van der Waals surface area contributed by atoms with Crippen molar-refractivity contribution in [3.05, 3.63) is 111 Å². The molecule has 80 heavy (non-hydrogen) atoms. The van der Waals surface area contributed by atoms with Crippen LogP contribution in [-0.2, 0) is 40.5 Å². The first-order chi connectivity index (χ1) is 38.2. The Morgan fingerprint density at radius 3 is 2.14 bits per heavy atom. The van der Waals surface area contributed by atoms with Crippen LogP contribution in [0.2, 0.25) is 0 Å². The first kappa shape index (κ1) is 57.4. The average molecular weight is 1220 g/mol. The van der Waals surface area contributed by atoms with Gasteiger partial charge in [-0.15, -0.1) is 68.0 Å². The number of esters is 1. The van der Waals surface area contributed by atoms with Crippen molar-refractivity contribution >= 4 is 119 Å². The van der Waals surface area contributed by atoms with Crippen LogP contribution in [0.25, 0.3) is 43.4 Å². The van der Waals surface area contributed by atoms with E-state index in [1.54, 1.807) is 70.9 Å². The minimum absolute atomic E-state index is 0.0100. The van der Waals surface area contributed by atoms with Crippen LogP contribution in [0.3, 0.4) is 0 Å². The summed E-state index contributed by atoms with van der Waals surface area (Å²) in [4.78, 5) is 117. The number of aromatic nitrogens is 7. The Morgan fingerprint density at radius 2 is 1.41 bits per heavy atom. The summed E-state index contributed by atoms with van der Waals surface area (Å²) < 4.78 is 37.9. The Balaban J connectivity index is 1.16. The van der Waals surface area contributed by atoms with Gasteiger partial charge in [0.2, 0.25) is 21.8 Å². The van der Waals surface area contributed by atoms with E-state index >= 15 is 0 Å². The Kier molecular flexibility index (Phi) is 17.6. The van der Waals surface area contributed by atoms with Gasteiger partial charge in [0, 0.05) is 53.0 Å². The number of methoxy groups -OCH3 is 1. The number of fused-ring (bicyclic) bond motifs is 14. The lowest BCUT2D eigenvalue weighted by molar-refractivity contribution is -0.149. The third-order valence-electron chi connectivity index (χ3n) is 11.8. The Hall–Kier alpha value is -7.32. The molecule has 0 aliphatic carbocycles. The van der Waals surface area contributed by atoms with Gasteiger partial charge in [-0.1, -0.05) is 44.2 Å². The average Bonchev–Trinajstić information content (AvgIpc) is 4.32. The van der Waals surface area contributed by atoms with Crippen molar-refractivity contribution in [2.45, 2.75) is 65.0 Å². The highest BCUT2D eigenvalue weighted by molar-refractivity contribution is 7.92. The molecule has 0 fully saturated rings. The smallest absolute Gasteiger partial charge is 0.303 e. The summed E-state index contributed by atoms with van der Waals surface area (Å²) in [6.07, 6.45) is -0.290. The second-order valence-electron chi connectivity index (χ2n) is 18.1. The van der Waals surface area contributed by atoms with Crippen molar-refractivity contribution in [2.24, 2.45) is 5.92 Å². The number of benzene rings is 1. The molecule has 8 heterocycles. The molecular weight excluding hydrogens is 1170 g/mol. The van der Waals surface area contributed by atoms with Gasteiger partial charge in [-0.3, -0.25) is 33.5 Å². The number of pyridine rings is 1. The quantitative estimate of drug-likeness (QED) is 0.0694. The molecule has 0 saturated heterocycles. The van der Waals surface area contributed by atoms with E-state index in [-0.39, 0.29) is 46.9 Å². The van der Waals surface area contributed by atoms with Gasteiger partial charge in [-0.2, -0.15) is 0 Å². The molecule has 9 rings (SSSR count). The minimum Gasteiger partial charge on any atom is -0.455 e. The lowest BCUT2D eigenvalue weighted by Crippen LogP contribution is -2.41. The molecule has 30 heteroatoms. The maximum atomic E-state index is 14.2. The molecule has 23 nitrogen and oxygen atoms in total. The molecule has 1 unspecified atom stereocenters. The van der Waals surface area contributed by atoms with Gasteiger partial charge in [0.1, 0.15) is 70.3 Å². The number of rotatable bonds is 11. The predicted octanol–water partition coefficient (Wildman–Crippen LogP) is 7.25. The largest absolute Gasteiger partial charge is 0.455 e. The lowest BCUT2D eigenvalue weighted by Gasteiger charge is -2.26. The number of thiazole rings is 6. The van der Waals surface area contributed by atoms with Gasteiger partial charge >= 0.3 is 5.97 Å². The zero-order valence-corrected chi connectivity index (χ0v) is 49.1. The fourth-order valence-corrected chi connectivity index (χ4v) is 14.2. The normalized spacial score (nSPS) is 16.7. The van der Waals surface area contributed by atoms with Crippen LogP contribution in [0, 0.1) is 12.8 Å². The maximum Gasteiger partial charge on any atom is 0.303 e. The number of sulfonamides is 1. The van der Waals surface area contributed by atoms with Crippen LogP contribution in [0.15, 0.2) is 64.0 Å². The second kappa shape index (κ2) is 24.6. The summed E-state index contributed by atoms with van der Waals surface area (Å²) >= 11 is 7.02. The molecule has 0 saturated carbocycles. The molecule has 6 N–H and O–H groups in total. The molecular formula is C50H49N13O10S7. The number of carbonyl (C=O) groups is 6. The summed E-state index contributed by atoms with van der Waals surface area (Å²) in [5.41, 5.74) is 2.55. The third kappa shape index (κ3) is 13.3. The lowest BCUT2D eigenvalue weighted by atomic mass is 10.0. The molecule has 8 aromatic rings. The van der Waals surface area contributed by atoms with Gasteiger partial charge in [0.05, 0.1) is 48.5 Å². The summed E-state index contributed by atoms with van der Waals surface area (Å²) in [5.74, 6) is -3.73. The number of anilines is 1. The van der Waals surface area contributed by atoms with E-state index in [2.05, 4.69) is 41.3 Å². The molecule has 416 valence electrons. The summed E-state index contributed by atoms with van der Waals surface area (Å²) in [6, 6.07) is 9.44. The van der Waals surface area contributed by atoms with E-state index in [4.69, 9.17) is 34.4 Å². The molecule has 1 aromatic carbocycles. The predicted molar refractivity (Wildman–Crippen MR) is 305 cm³/mol. The van der Waals surface area contributed by atoms with Gasteiger partial charge in [0.25, 0.3) is 17.7 Å². The zero-order valence-electron chi connectivity index (χ0n) is 43.4. The first-order valence-corrected chi connectivity index (χ1v) is 31.2. The molecule has 0 radical (unpaired) electrons. The Bertz CT molecular complexity index is 3760. The molecule has 7 aromatic heterocycles. The number of carbonyl (C=O) groups excluding carboxylic acids is 6. The SMILES string of the molecule is CNC(=O)C[C@@H]1NC(=O)c2csc(n2)-c2ccc(-c3nc(NS(C)(=O)=O)cs3)nc2-c2csc(n2)-c2csc(n2)C([C@@H](OC(C)=O)c2ccccc2)NC(=O)CNC(=O)c2nc(sc2COC)[C@@H](C(C)C)NC(=O)c2nc1sc2C. The van der Waals surface area contributed by atoms with Crippen molar-refractivity contribution in [1.82, 2.24) is 61.5 Å². The number of ether oxygens (including phenoxy) is 2. The van der Waals surface area contributed by atoms with Gasteiger partial charge < -0.3 is 36.1 Å². The topological polar surface area (TPSA) is 317 Å². The van der Waals surface area contributed by atoms with Gasteiger partial charge in [0.15, 0.2) is 11.9 Å². The van der Waals surface area contributed by atoms with Crippen molar-refractivity contribution in [3.63, 3.8) is 0 Å². The van der Waals surface area contributed by atoms with Crippen molar-refractivity contribution < 1.29 is 46.7 Å². The van der Waals surface area contributed by atoms with E-state index in [9.17, 15) is 37.2 Å². The van der Waals surface area contributed by atoms with Crippen LogP contribution in [0.1, 0.15) is 113 Å². The Labute approximate surface area is 481 Å². The molecule has 1 aliphatic rings. The maximum absolute atomic E-state index is 14.2.